The molecule has 0 atom stereocenters. The molecule has 3 aromatic rings. The number of halogens is 1. The van der Waals surface area contributed by atoms with Gasteiger partial charge >= 0.3 is 0 Å². The Morgan fingerprint density at radius 2 is 1.88 bits per heavy atom. The third-order valence-corrected chi connectivity index (χ3v) is 3.71. The lowest BCUT2D eigenvalue weighted by molar-refractivity contribution is 0.0946. The van der Waals surface area contributed by atoms with Crippen molar-refractivity contribution in [2.24, 2.45) is 0 Å². The van der Waals surface area contributed by atoms with Crippen molar-refractivity contribution in [3.63, 3.8) is 0 Å². The molecule has 0 bridgehead atoms. The Hall–Kier alpha value is -3.28. The first-order valence-electron chi connectivity index (χ1n) is 8.19. The number of ether oxygens (including phenoxy) is 1. The monoisotopic (exact) mass is 351 g/mol. The van der Waals surface area contributed by atoms with Gasteiger partial charge in [-0.2, -0.15) is 0 Å². The molecule has 0 aliphatic heterocycles. The van der Waals surface area contributed by atoms with Crippen LogP contribution >= 0.6 is 0 Å². The van der Waals surface area contributed by atoms with Crippen LogP contribution < -0.4 is 10.1 Å². The van der Waals surface area contributed by atoms with Gasteiger partial charge < -0.3 is 10.1 Å². The summed E-state index contributed by atoms with van der Waals surface area (Å²) >= 11 is 0. The normalized spacial score (nSPS) is 10.4. The molecular weight excluding hydrogens is 333 g/mol. The number of aromatic nitrogens is 2. The summed E-state index contributed by atoms with van der Waals surface area (Å²) < 4.78 is 18.6. The molecule has 132 valence electrons. The van der Waals surface area contributed by atoms with Crippen LogP contribution in [0.25, 0.3) is 11.3 Å². The van der Waals surface area contributed by atoms with Crippen LogP contribution in [-0.2, 0) is 0 Å². The average molecular weight is 351 g/mol. The van der Waals surface area contributed by atoms with E-state index in [4.69, 9.17) is 4.74 Å². The minimum atomic E-state index is -0.446. The second-order valence-corrected chi connectivity index (χ2v) is 5.74. The van der Waals surface area contributed by atoms with Gasteiger partial charge in [0.15, 0.2) is 0 Å². The van der Waals surface area contributed by atoms with Gasteiger partial charge in [0, 0.05) is 17.2 Å². The fraction of sp³-hybridized carbons (Fsp3) is 0.150. The van der Waals surface area contributed by atoms with Crippen LogP contribution in [0.5, 0.6) is 5.88 Å². The van der Waals surface area contributed by atoms with Crippen LogP contribution in [-0.4, -0.2) is 29.3 Å². The van der Waals surface area contributed by atoms with Crippen molar-refractivity contribution in [3.8, 4) is 17.1 Å². The molecule has 1 N–H and O–H groups in total. The third kappa shape index (κ3) is 4.63. The molecule has 1 amide bonds. The van der Waals surface area contributed by atoms with Crippen molar-refractivity contribution in [2.45, 2.75) is 6.92 Å². The molecule has 6 heteroatoms. The largest absolute Gasteiger partial charge is 0.475 e. The average Bonchev–Trinajstić information content (AvgIpc) is 2.66. The van der Waals surface area contributed by atoms with Crippen LogP contribution in [0, 0.1) is 12.7 Å². The summed E-state index contributed by atoms with van der Waals surface area (Å²) in [4.78, 5) is 11.9. The number of hydrogen-bond donors (Lipinski definition) is 1. The van der Waals surface area contributed by atoms with E-state index in [0.29, 0.717) is 5.88 Å². The summed E-state index contributed by atoms with van der Waals surface area (Å²) in [5.74, 6) is -0.424. The second kappa shape index (κ2) is 8.20. The van der Waals surface area contributed by atoms with Gasteiger partial charge in [-0.25, -0.2) is 4.39 Å². The number of carbonyl (C=O) groups excluding carboxylic acids is 1. The standard InChI is InChI=1S/C20H18FN3O2/c1-14-5-7-15(8-6-14)18-9-10-19(24-23-18)26-12-11-22-20(25)16-3-2-4-17(21)13-16/h2-10,13H,11-12H2,1H3,(H,22,25). The van der Waals surface area contributed by atoms with Crippen LogP contribution in [0.15, 0.2) is 60.7 Å². The maximum atomic E-state index is 13.1. The third-order valence-electron chi connectivity index (χ3n) is 3.71. The summed E-state index contributed by atoms with van der Waals surface area (Å²) in [6.07, 6.45) is 0. The van der Waals surface area contributed by atoms with Crippen LogP contribution in [0.2, 0.25) is 0 Å². The van der Waals surface area contributed by atoms with Crippen molar-refractivity contribution in [3.05, 3.63) is 77.6 Å². The molecule has 0 radical (unpaired) electrons. The Morgan fingerprint density at radius 1 is 1.08 bits per heavy atom. The molecule has 0 aliphatic carbocycles. The first-order chi connectivity index (χ1) is 12.6. The number of nitrogens with one attached hydrogen (secondary N) is 1. The van der Waals surface area contributed by atoms with Gasteiger partial charge in [0.1, 0.15) is 12.4 Å². The lowest BCUT2D eigenvalue weighted by Gasteiger charge is -2.07. The first-order valence-corrected chi connectivity index (χ1v) is 8.19. The molecule has 0 saturated carbocycles. The zero-order chi connectivity index (χ0) is 18.4. The molecule has 2 aromatic carbocycles. The summed E-state index contributed by atoms with van der Waals surface area (Å²) in [7, 11) is 0. The number of carbonyl (C=O) groups is 1. The highest BCUT2D eigenvalue weighted by Crippen LogP contribution is 2.18. The predicted octanol–water partition coefficient (Wildman–Crippen LogP) is 3.40. The van der Waals surface area contributed by atoms with Crippen molar-refractivity contribution >= 4 is 5.91 Å². The van der Waals surface area contributed by atoms with Gasteiger partial charge in [-0.05, 0) is 31.2 Å². The molecule has 26 heavy (non-hydrogen) atoms. The maximum absolute atomic E-state index is 13.1. The Bertz CT molecular complexity index is 880. The topological polar surface area (TPSA) is 64.1 Å². The first kappa shape index (κ1) is 17.5. The molecule has 0 spiro atoms. The Labute approximate surface area is 150 Å². The van der Waals surface area contributed by atoms with E-state index in [2.05, 4.69) is 15.5 Å². The van der Waals surface area contributed by atoms with E-state index in [1.54, 1.807) is 12.1 Å². The summed E-state index contributed by atoms with van der Waals surface area (Å²) in [5, 5.41) is 10.8. The second-order valence-electron chi connectivity index (χ2n) is 5.74. The SMILES string of the molecule is Cc1ccc(-c2ccc(OCCNC(=O)c3cccc(F)c3)nn2)cc1. The van der Waals surface area contributed by atoms with E-state index in [9.17, 15) is 9.18 Å². The number of aryl methyl sites for hydroxylation is 1. The van der Waals surface area contributed by atoms with Gasteiger partial charge in [0.05, 0.1) is 12.2 Å². The van der Waals surface area contributed by atoms with E-state index in [1.807, 2.05) is 37.3 Å². The van der Waals surface area contributed by atoms with Crippen LogP contribution in [0.4, 0.5) is 4.39 Å². The summed E-state index contributed by atoms with van der Waals surface area (Å²) in [5.41, 5.74) is 3.20. The molecule has 5 nitrogen and oxygen atoms in total. The molecule has 0 fully saturated rings. The van der Waals surface area contributed by atoms with Gasteiger partial charge in [0.25, 0.3) is 5.91 Å². The zero-order valence-corrected chi connectivity index (χ0v) is 14.3. The lowest BCUT2D eigenvalue weighted by Crippen LogP contribution is -2.28. The number of hydrogen-bond acceptors (Lipinski definition) is 4. The molecule has 1 heterocycles. The van der Waals surface area contributed by atoms with Gasteiger partial charge in [-0.1, -0.05) is 35.9 Å². The predicted molar refractivity (Wildman–Crippen MR) is 96.4 cm³/mol. The fourth-order valence-corrected chi connectivity index (χ4v) is 2.33. The zero-order valence-electron chi connectivity index (χ0n) is 14.3. The highest BCUT2D eigenvalue weighted by Gasteiger charge is 2.06. The summed E-state index contributed by atoms with van der Waals surface area (Å²) in [6, 6.07) is 17.1. The fourth-order valence-electron chi connectivity index (χ4n) is 2.33. The highest BCUT2D eigenvalue weighted by molar-refractivity contribution is 5.94. The Balaban J connectivity index is 1.48. The Kier molecular flexibility index (Phi) is 5.53. The van der Waals surface area contributed by atoms with Gasteiger partial charge in [-0.3, -0.25) is 4.79 Å². The summed E-state index contributed by atoms with van der Waals surface area (Å²) in [6.45, 7) is 2.54. The number of benzene rings is 2. The van der Waals surface area contributed by atoms with E-state index >= 15 is 0 Å². The van der Waals surface area contributed by atoms with Crippen molar-refractivity contribution in [2.75, 3.05) is 13.2 Å². The quantitative estimate of drug-likeness (QED) is 0.692. The van der Waals surface area contributed by atoms with Gasteiger partial charge in [0.2, 0.25) is 5.88 Å². The maximum Gasteiger partial charge on any atom is 0.251 e. The molecule has 0 saturated heterocycles. The smallest absolute Gasteiger partial charge is 0.251 e. The molecule has 1 aromatic heterocycles. The van der Waals surface area contributed by atoms with E-state index in [1.165, 1.54) is 23.8 Å². The van der Waals surface area contributed by atoms with Crippen molar-refractivity contribution in [1.82, 2.24) is 15.5 Å². The van der Waals surface area contributed by atoms with Crippen molar-refractivity contribution < 1.29 is 13.9 Å². The minimum absolute atomic E-state index is 0.236. The molecule has 3 rings (SSSR count). The number of amides is 1. The van der Waals surface area contributed by atoms with Gasteiger partial charge in [-0.15, -0.1) is 10.2 Å². The van der Waals surface area contributed by atoms with Crippen LogP contribution in [0.3, 0.4) is 0 Å². The number of nitrogens with zero attached hydrogens (tertiary/aromatic N) is 2. The number of rotatable bonds is 6. The van der Waals surface area contributed by atoms with Crippen LogP contribution in [0.1, 0.15) is 15.9 Å². The lowest BCUT2D eigenvalue weighted by atomic mass is 10.1. The molecule has 0 aliphatic rings. The van der Waals surface area contributed by atoms with E-state index in [-0.39, 0.29) is 24.6 Å². The molecule has 0 unspecified atom stereocenters. The van der Waals surface area contributed by atoms with E-state index < -0.39 is 5.82 Å². The Morgan fingerprint density at radius 3 is 2.58 bits per heavy atom. The highest BCUT2D eigenvalue weighted by atomic mass is 19.1. The molecular formula is C20H18FN3O2. The van der Waals surface area contributed by atoms with Crippen molar-refractivity contribution in [1.29, 1.82) is 0 Å². The van der Waals surface area contributed by atoms with E-state index in [0.717, 1.165) is 11.3 Å². The minimum Gasteiger partial charge on any atom is -0.475 e.